The lowest BCUT2D eigenvalue weighted by Crippen LogP contribution is -2.21. The Balaban J connectivity index is 2.51. The Morgan fingerprint density at radius 2 is 1.31 bits per heavy atom. The van der Waals surface area contributed by atoms with Gasteiger partial charge in [-0.25, -0.2) is 0 Å². The molecule has 0 aliphatic rings. The van der Waals surface area contributed by atoms with E-state index in [1.165, 1.54) is 58.3 Å². The van der Waals surface area contributed by atoms with Gasteiger partial charge in [0.05, 0.1) is 5.92 Å². The molecular weight excluding hydrogens is 364 g/mol. The van der Waals surface area contributed by atoms with E-state index in [1.807, 2.05) is 12.1 Å². The first-order valence-electron chi connectivity index (χ1n) is 11.5. The zero-order chi connectivity index (χ0) is 21.3. The Morgan fingerprint density at radius 3 is 1.86 bits per heavy atom. The standard InChI is InChI=1S/C25H40O4/c1-4-6-8-10-11-13-15-23(14-12-9-7-5-2)25(27)29-24-18-16-22(17-19-24)20-28-21(3)26/h16-19,23H,4-15,20H2,1-3H3. The van der Waals surface area contributed by atoms with Gasteiger partial charge in [-0.1, -0.05) is 90.2 Å². The van der Waals surface area contributed by atoms with Crippen LogP contribution >= 0.6 is 0 Å². The molecule has 4 nitrogen and oxygen atoms in total. The minimum Gasteiger partial charge on any atom is -0.461 e. The Hall–Kier alpha value is -1.84. The molecule has 0 bridgehead atoms. The molecule has 0 fully saturated rings. The van der Waals surface area contributed by atoms with Crippen molar-refractivity contribution in [2.24, 2.45) is 5.92 Å². The van der Waals surface area contributed by atoms with Crippen LogP contribution in [0.5, 0.6) is 5.75 Å². The summed E-state index contributed by atoms with van der Waals surface area (Å²) in [6.45, 7) is 6.06. The van der Waals surface area contributed by atoms with Crippen molar-refractivity contribution in [1.82, 2.24) is 0 Å². The largest absolute Gasteiger partial charge is 0.461 e. The van der Waals surface area contributed by atoms with Gasteiger partial charge in [0.25, 0.3) is 0 Å². The summed E-state index contributed by atoms with van der Waals surface area (Å²) in [5.74, 6) is 0.130. The smallest absolute Gasteiger partial charge is 0.314 e. The average Bonchev–Trinajstić information content (AvgIpc) is 2.71. The van der Waals surface area contributed by atoms with Crippen molar-refractivity contribution >= 4 is 11.9 Å². The van der Waals surface area contributed by atoms with Gasteiger partial charge >= 0.3 is 11.9 Å². The quantitative estimate of drug-likeness (QED) is 0.169. The SMILES string of the molecule is CCCCCCCCC(CCCCCC)C(=O)Oc1ccc(COC(C)=O)cc1. The summed E-state index contributed by atoms with van der Waals surface area (Å²) in [5.41, 5.74) is 0.878. The fourth-order valence-electron chi connectivity index (χ4n) is 3.41. The summed E-state index contributed by atoms with van der Waals surface area (Å²) in [5, 5.41) is 0. The lowest BCUT2D eigenvalue weighted by atomic mass is 9.94. The van der Waals surface area contributed by atoms with Crippen LogP contribution in [0.25, 0.3) is 0 Å². The molecule has 0 aromatic heterocycles. The summed E-state index contributed by atoms with van der Waals surface area (Å²) < 4.78 is 10.6. The van der Waals surface area contributed by atoms with Gasteiger partial charge in [0, 0.05) is 6.92 Å². The highest BCUT2D eigenvalue weighted by molar-refractivity contribution is 5.75. The van der Waals surface area contributed by atoms with Gasteiger partial charge in [-0.05, 0) is 30.5 Å². The Morgan fingerprint density at radius 1 is 0.793 bits per heavy atom. The molecule has 1 rings (SSSR count). The maximum atomic E-state index is 12.8. The number of esters is 2. The number of hydrogen-bond acceptors (Lipinski definition) is 4. The topological polar surface area (TPSA) is 52.6 Å². The van der Waals surface area contributed by atoms with Crippen LogP contribution in [0.4, 0.5) is 0 Å². The maximum Gasteiger partial charge on any atom is 0.314 e. The van der Waals surface area contributed by atoms with Crippen LogP contribution in [0.3, 0.4) is 0 Å². The third-order valence-corrected chi connectivity index (χ3v) is 5.23. The second-order valence-electron chi connectivity index (χ2n) is 7.95. The van der Waals surface area contributed by atoms with Crippen LogP contribution in [-0.4, -0.2) is 11.9 Å². The number of carbonyl (C=O) groups is 2. The molecule has 164 valence electrons. The molecule has 0 aliphatic carbocycles. The van der Waals surface area contributed by atoms with E-state index in [1.54, 1.807) is 12.1 Å². The molecule has 1 atom stereocenters. The molecule has 1 unspecified atom stereocenters. The summed E-state index contributed by atoms with van der Waals surface area (Å²) in [7, 11) is 0. The normalized spacial score (nSPS) is 11.8. The number of ether oxygens (including phenoxy) is 2. The van der Waals surface area contributed by atoms with Crippen molar-refractivity contribution in [2.75, 3.05) is 0 Å². The second kappa shape index (κ2) is 16.0. The van der Waals surface area contributed by atoms with Gasteiger partial charge in [0.1, 0.15) is 12.4 Å². The van der Waals surface area contributed by atoms with Gasteiger partial charge in [0.15, 0.2) is 0 Å². The highest BCUT2D eigenvalue weighted by Crippen LogP contribution is 2.22. The van der Waals surface area contributed by atoms with Gasteiger partial charge in [-0.15, -0.1) is 0 Å². The molecule has 0 aliphatic heterocycles. The summed E-state index contributed by atoms with van der Waals surface area (Å²) in [4.78, 5) is 23.7. The Kier molecular flexibility index (Phi) is 13.9. The molecule has 0 saturated heterocycles. The van der Waals surface area contributed by atoms with E-state index in [4.69, 9.17) is 9.47 Å². The first kappa shape index (κ1) is 25.2. The number of hydrogen-bond donors (Lipinski definition) is 0. The summed E-state index contributed by atoms with van der Waals surface area (Å²) in [6.07, 6.45) is 13.9. The molecule has 0 radical (unpaired) electrons. The number of carbonyl (C=O) groups excluding carboxylic acids is 2. The fraction of sp³-hybridized carbons (Fsp3) is 0.680. The highest BCUT2D eigenvalue weighted by atomic mass is 16.5. The molecule has 0 spiro atoms. The zero-order valence-electron chi connectivity index (χ0n) is 18.7. The van der Waals surface area contributed by atoms with Crippen LogP contribution in [0.2, 0.25) is 0 Å². The van der Waals surface area contributed by atoms with Crippen molar-refractivity contribution in [3.8, 4) is 5.75 Å². The van der Waals surface area contributed by atoms with Gasteiger partial charge in [-0.3, -0.25) is 9.59 Å². The predicted octanol–water partition coefficient (Wildman–Crippen LogP) is 6.99. The van der Waals surface area contributed by atoms with Crippen LogP contribution in [0.1, 0.15) is 103 Å². The van der Waals surface area contributed by atoms with Gasteiger partial charge in [0.2, 0.25) is 0 Å². The molecule has 1 aromatic rings. The molecule has 29 heavy (non-hydrogen) atoms. The highest BCUT2D eigenvalue weighted by Gasteiger charge is 2.20. The van der Waals surface area contributed by atoms with Crippen molar-refractivity contribution in [2.45, 2.75) is 104 Å². The molecular formula is C25H40O4. The Labute approximate surface area is 177 Å². The molecule has 0 N–H and O–H groups in total. The van der Waals surface area contributed by atoms with E-state index < -0.39 is 0 Å². The minimum absolute atomic E-state index is 0.0150. The first-order chi connectivity index (χ1) is 14.1. The summed E-state index contributed by atoms with van der Waals surface area (Å²) in [6, 6.07) is 7.20. The molecule has 0 saturated carbocycles. The fourth-order valence-corrected chi connectivity index (χ4v) is 3.41. The van der Waals surface area contributed by atoms with Gasteiger partial charge in [-0.2, -0.15) is 0 Å². The second-order valence-corrected chi connectivity index (χ2v) is 7.95. The molecule has 0 amide bonds. The minimum atomic E-state index is -0.305. The lowest BCUT2D eigenvalue weighted by molar-refractivity contribution is -0.142. The van der Waals surface area contributed by atoms with Crippen LogP contribution in [0.15, 0.2) is 24.3 Å². The number of unbranched alkanes of at least 4 members (excludes halogenated alkanes) is 8. The van der Waals surface area contributed by atoms with Crippen molar-refractivity contribution in [3.05, 3.63) is 29.8 Å². The van der Waals surface area contributed by atoms with E-state index in [0.717, 1.165) is 31.2 Å². The van der Waals surface area contributed by atoms with E-state index in [0.29, 0.717) is 5.75 Å². The van der Waals surface area contributed by atoms with Crippen LogP contribution < -0.4 is 4.74 Å². The maximum absolute atomic E-state index is 12.8. The average molecular weight is 405 g/mol. The van der Waals surface area contributed by atoms with E-state index >= 15 is 0 Å². The monoisotopic (exact) mass is 404 g/mol. The number of rotatable bonds is 16. The first-order valence-corrected chi connectivity index (χ1v) is 11.5. The van der Waals surface area contributed by atoms with Gasteiger partial charge < -0.3 is 9.47 Å². The molecule has 4 heteroatoms. The number of benzene rings is 1. The summed E-state index contributed by atoms with van der Waals surface area (Å²) >= 11 is 0. The van der Waals surface area contributed by atoms with E-state index in [-0.39, 0.29) is 24.5 Å². The van der Waals surface area contributed by atoms with Crippen molar-refractivity contribution < 1.29 is 19.1 Å². The van der Waals surface area contributed by atoms with Crippen molar-refractivity contribution in [3.63, 3.8) is 0 Å². The third-order valence-electron chi connectivity index (χ3n) is 5.23. The molecule has 0 heterocycles. The molecule has 1 aromatic carbocycles. The van der Waals surface area contributed by atoms with E-state index in [9.17, 15) is 9.59 Å². The van der Waals surface area contributed by atoms with E-state index in [2.05, 4.69) is 13.8 Å². The predicted molar refractivity (Wildman–Crippen MR) is 118 cm³/mol. The Bertz CT molecular complexity index is 565. The van der Waals surface area contributed by atoms with Crippen molar-refractivity contribution in [1.29, 1.82) is 0 Å². The lowest BCUT2D eigenvalue weighted by Gasteiger charge is -2.16. The zero-order valence-corrected chi connectivity index (χ0v) is 18.7. The van der Waals surface area contributed by atoms with Crippen LogP contribution in [-0.2, 0) is 20.9 Å². The third kappa shape index (κ3) is 12.4. The van der Waals surface area contributed by atoms with Crippen LogP contribution in [0, 0.1) is 5.92 Å².